The molecule has 1 aromatic rings. The summed E-state index contributed by atoms with van der Waals surface area (Å²) in [6, 6.07) is 0.0460. The van der Waals surface area contributed by atoms with E-state index in [0.717, 1.165) is 6.42 Å². The van der Waals surface area contributed by atoms with E-state index in [9.17, 15) is 4.79 Å². The molecule has 6 heteroatoms. The zero-order valence-electron chi connectivity index (χ0n) is 9.53. The van der Waals surface area contributed by atoms with Gasteiger partial charge in [0.2, 0.25) is 0 Å². The van der Waals surface area contributed by atoms with E-state index in [1.807, 2.05) is 13.8 Å². The van der Waals surface area contributed by atoms with Gasteiger partial charge in [-0.05, 0) is 13.3 Å². The van der Waals surface area contributed by atoms with Gasteiger partial charge >= 0.3 is 0 Å². The van der Waals surface area contributed by atoms with Crippen LogP contribution in [0.2, 0.25) is 5.02 Å². The highest BCUT2D eigenvalue weighted by Gasteiger charge is 2.08. The molecule has 1 aromatic heterocycles. The van der Waals surface area contributed by atoms with Crippen molar-refractivity contribution < 1.29 is 0 Å². The van der Waals surface area contributed by atoms with Crippen molar-refractivity contribution in [3.8, 4) is 0 Å². The van der Waals surface area contributed by atoms with Crippen LogP contribution < -0.4 is 16.6 Å². The Bertz CT molecular complexity index is 404. The normalized spacial score (nSPS) is 12.5. The molecule has 3 N–H and O–H groups in total. The maximum Gasteiger partial charge on any atom is 0.287 e. The Morgan fingerprint density at radius 3 is 2.88 bits per heavy atom. The lowest BCUT2D eigenvalue weighted by Crippen LogP contribution is -2.29. The van der Waals surface area contributed by atoms with Gasteiger partial charge in [-0.1, -0.05) is 18.5 Å². The van der Waals surface area contributed by atoms with E-state index in [4.69, 9.17) is 17.3 Å². The molecule has 0 amide bonds. The first-order valence-electron chi connectivity index (χ1n) is 5.35. The number of nitrogens with one attached hydrogen (secondary N) is 1. The second-order valence-corrected chi connectivity index (χ2v) is 3.92. The molecule has 1 heterocycles. The molecule has 0 aromatic carbocycles. The van der Waals surface area contributed by atoms with E-state index in [-0.39, 0.29) is 16.6 Å². The molecule has 1 unspecified atom stereocenters. The van der Waals surface area contributed by atoms with Crippen LogP contribution in [0, 0.1) is 0 Å². The van der Waals surface area contributed by atoms with Crippen molar-refractivity contribution >= 4 is 17.3 Å². The molecule has 0 aliphatic heterocycles. The van der Waals surface area contributed by atoms with Crippen molar-refractivity contribution in [2.24, 2.45) is 5.73 Å². The third-order valence-corrected chi connectivity index (χ3v) is 2.73. The Morgan fingerprint density at radius 1 is 1.62 bits per heavy atom. The summed E-state index contributed by atoms with van der Waals surface area (Å²) in [6.07, 6.45) is 2.42. The molecule has 0 saturated carbocycles. The van der Waals surface area contributed by atoms with Crippen LogP contribution in [-0.2, 0) is 6.54 Å². The van der Waals surface area contributed by atoms with Gasteiger partial charge in [0.25, 0.3) is 5.56 Å². The molecule has 5 nitrogen and oxygen atoms in total. The van der Waals surface area contributed by atoms with Gasteiger partial charge in [-0.25, -0.2) is 4.68 Å². The van der Waals surface area contributed by atoms with Crippen LogP contribution in [0.25, 0.3) is 0 Å². The number of nitrogens with zero attached hydrogens (tertiary/aromatic N) is 2. The van der Waals surface area contributed by atoms with Crippen LogP contribution in [0.15, 0.2) is 11.0 Å². The van der Waals surface area contributed by atoms with Crippen molar-refractivity contribution in [2.45, 2.75) is 32.9 Å². The first kappa shape index (κ1) is 13.0. The van der Waals surface area contributed by atoms with Gasteiger partial charge in [-0.15, -0.1) is 0 Å². The zero-order valence-corrected chi connectivity index (χ0v) is 10.3. The molecule has 0 spiro atoms. The fraction of sp³-hybridized carbons (Fsp3) is 0.600. The molecule has 90 valence electrons. The van der Waals surface area contributed by atoms with Crippen molar-refractivity contribution in [2.75, 3.05) is 11.9 Å². The van der Waals surface area contributed by atoms with Crippen molar-refractivity contribution in [3.05, 3.63) is 21.6 Å². The van der Waals surface area contributed by atoms with E-state index >= 15 is 0 Å². The third kappa shape index (κ3) is 2.96. The van der Waals surface area contributed by atoms with Crippen LogP contribution in [0.5, 0.6) is 0 Å². The average molecular weight is 245 g/mol. The number of anilines is 1. The summed E-state index contributed by atoms with van der Waals surface area (Å²) in [6.45, 7) is 4.92. The minimum atomic E-state index is -0.278. The smallest absolute Gasteiger partial charge is 0.287 e. The van der Waals surface area contributed by atoms with Gasteiger partial charge in [0.15, 0.2) is 0 Å². The first-order chi connectivity index (χ1) is 7.60. The van der Waals surface area contributed by atoms with Crippen LogP contribution in [-0.4, -0.2) is 22.4 Å². The predicted molar refractivity (Wildman–Crippen MR) is 65.9 cm³/mol. The summed E-state index contributed by atoms with van der Waals surface area (Å²) < 4.78 is 1.31. The SMILES string of the molecule is CCC(N)CNc1cnn(CC)c(=O)c1Cl. The summed E-state index contributed by atoms with van der Waals surface area (Å²) in [7, 11) is 0. The fourth-order valence-electron chi connectivity index (χ4n) is 1.20. The Labute approximate surface area is 99.6 Å². The maximum atomic E-state index is 11.6. The number of aryl methyl sites for hydroxylation is 1. The summed E-state index contributed by atoms with van der Waals surface area (Å²) in [5, 5.41) is 7.17. The molecule has 16 heavy (non-hydrogen) atoms. The lowest BCUT2D eigenvalue weighted by Gasteiger charge is -2.12. The minimum Gasteiger partial charge on any atom is -0.381 e. The highest BCUT2D eigenvalue weighted by atomic mass is 35.5. The number of nitrogens with two attached hydrogens (primary N) is 1. The van der Waals surface area contributed by atoms with Gasteiger partial charge in [0.1, 0.15) is 5.02 Å². The van der Waals surface area contributed by atoms with Crippen molar-refractivity contribution in [1.82, 2.24) is 9.78 Å². The van der Waals surface area contributed by atoms with Gasteiger partial charge in [-0.2, -0.15) is 5.10 Å². The molecule has 0 radical (unpaired) electrons. The largest absolute Gasteiger partial charge is 0.381 e. The van der Waals surface area contributed by atoms with Gasteiger partial charge in [0.05, 0.1) is 11.9 Å². The van der Waals surface area contributed by atoms with Crippen LogP contribution in [0.4, 0.5) is 5.69 Å². The molecular weight excluding hydrogens is 228 g/mol. The van der Waals surface area contributed by atoms with Crippen LogP contribution >= 0.6 is 11.6 Å². The Balaban J connectivity index is 2.83. The fourth-order valence-corrected chi connectivity index (χ4v) is 1.41. The molecule has 1 rings (SSSR count). The zero-order chi connectivity index (χ0) is 12.1. The molecule has 1 atom stereocenters. The second kappa shape index (κ2) is 5.86. The summed E-state index contributed by atoms with van der Waals surface area (Å²) in [5.41, 5.74) is 6.02. The number of hydrogen-bond acceptors (Lipinski definition) is 4. The van der Waals surface area contributed by atoms with Crippen molar-refractivity contribution in [1.29, 1.82) is 0 Å². The molecule has 0 aliphatic rings. The van der Waals surface area contributed by atoms with E-state index < -0.39 is 0 Å². The molecule has 0 bridgehead atoms. The number of rotatable bonds is 5. The summed E-state index contributed by atoms with van der Waals surface area (Å²) in [5.74, 6) is 0. The Hall–Kier alpha value is -1.07. The highest BCUT2D eigenvalue weighted by molar-refractivity contribution is 6.32. The standard InChI is InChI=1S/C10H17ClN4O/c1-3-7(12)5-13-8-6-14-15(4-2)10(16)9(8)11/h6-7,13H,3-5,12H2,1-2H3. The molecular formula is C10H17ClN4O. The monoisotopic (exact) mass is 244 g/mol. The van der Waals surface area contributed by atoms with E-state index in [1.165, 1.54) is 4.68 Å². The highest BCUT2D eigenvalue weighted by Crippen LogP contribution is 2.14. The van der Waals surface area contributed by atoms with Crippen LogP contribution in [0.1, 0.15) is 20.3 Å². The van der Waals surface area contributed by atoms with Gasteiger partial charge < -0.3 is 11.1 Å². The molecule has 0 saturated heterocycles. The van der Waals surface area contributed by atoms with Crippen LogP contribution in [0.3, 0.4) is 0 Å². The average Bonchev–Trinajstić information content (AvgIpc) is 2.30. The van der Waals surface area contributed by atoms with Gasteiger partial charge in [0, 0.05) is 19.1 Å². The predicted octanol–water partition coefficient (Wildman–Crippen LogP) is 1.07. The Morgan fingerprint density at radius 2 is 2.31 bits per heavy atom. The van der Waals surface area contributed by atoms with E-state index in [2.05, 4.69) is 10.4 Å². The molecule has 0 fully saturated rings. The third-order valence-electron chi connectivity index (χ3n) is 2.36. The van der Waals surface area contributed by atoms with E-state index in [1.54, 1.807) is 6.20 Å². The number of hydrogen-bond donors (Lipinski definition) is 2. The quantitative estimate of drug-likeness (QED) is 0.813. The topological polar surface area (TPSA) is 72.9 Å². The molecule has 0 aliphatic carbocycles. The number of halogens is 1. The lowest BCUT2D eigenvalue weighted by atomic mass is 10.2. The Kier molecular flexibility index (Phi) is 4.76. The van der Waals surface area contributed by atoms with Gasteiger partial charge in [-0.3, -0.25) is 4.79 Å². The van der Waals surface area contributed by atoms with Crippen molar-refractivity contribution in [3.63, 3.8) is 0 Å². The first-order valence-corrected chi connectivity index (χ1v) is 5.73. The minimum absolute atomic E-state index is 0.0460. The lowest BCUT2D eigenvalue weighted by molar-refractivity contribution is 0.615. The second-order valence-electron chi connectivity index (χ2n) is 3.54. The summed E-state index contributed by atoms with van der Waals surface area (Å²) in [4.78, 5) is 11.6. The van der Waals surface area contributed by atoms with E-state index in [0.29, 0.717) is 18.8 Å². The number of aromatic nitrogens is 2. The maximum absolute atomic E-state index is 11.6. The summed E-state index contributed by atoms with van der Waals surface area (Å²) >= 11 is 5.93.